The number of anilines is 2. The summed E-state index contributed by atoms with van der Waals surface area (Å²) in [7, 11) is -2.83. The number of nitrogens with two attached hydrogens (primary N) is 2. The monoisotopic (exact) mass is 266 g/mol. The van der Waals surface area contributed by atoms with E-state index in [9.17, 15) is 4.57 Å². The summed E-state index contributed by atoms with van der Waals surface area (Å²) in [6.07, 6.45) is 5.71. The molecule has 0 amide bonds. The van der Waals surface area contributed by atoms with Crippen LogP contribution in [0.4, 0.5) is 11.4 Å². The molecule has 18 heavy (non-hydrogen) atoms. The second-order valence-corrected chi connectivity index (χ2v) is 4.19. The molecule has 2 aromatic rings. The number of hydrogen-bond donors (Lipinski definition) is 2. The van der Waals surface area contributed by atoms with Crippen molar-refractivity contribution >= 4 is 19.6 Å². The maximum atomic E-state index is 11.7. The van der Waals surface area contributed by atoms with E-state index in [2.05, 4.69) is 9.97 Å². The third kappa shape index (κ3) is 2.89. The average molecular weight is 266 g/mol. The molecule has 0 radical (unpaired) electrons. The summed E-state index contributed by atoms with van der Waals surface area (Å²) in [5.41, 5.74) is 11.9. The molecule has 0 aromatic carbocycles. The first-order valence-corrected chi connectivity index (χ1v) is 6.18. The van der Waals surface area contributed by atoms with Crippen LogP contribution in [-0.4, -0.2) is 9.97 Å². The van der Waals surface area contributed by atoms with Crippen molar-refractivity contribution in [1.29, 1.82) is 0 Å². The van der Waals surface area contributed by atoms with Gasteiger partial charge in [-0.3, -0.25) is 9.97 Å². The summed E-state index contributed by atoms with van der Waals surface area (Å²) >= 11 is 0. The molecule has 0 bridgehead atoms. The van der Waals surface area contributed by atoms with Gasteiger partial charge in [0.05, 0.1) is 23.8 Å². The molecule has 0 aliphatic carbocycles. The molecule has 94 valence electrons. The van der Waals surface area contributed by atoms with Crippen LogP contribution in [0.25, 0.3) is 0 Å². The van der Waals surface area contributed by atoms with Crippen molar-refractivity contribution in [2.75, 3.05) is 11.5 Å². The lowest BCUT2D eigenvalue weighted by atomic mass is 10.4. The maximum absolute atomic E-state index is 11.7. The highest BCUT2D eigenvalue weighted by molar-refractivity contribution is 7.34. The zero-order valence-electron chi connectivity index (χ0n) is 9.24. The summed E-state index contributed by atoms with van der Waals surface area (Å²) in [6, 6.07) is 3.06. The third-order valence-electron chi connectivity index (χ3n) is 2.02. The smallest absolute Gasteiger partial charge is 0.414 e. The van der Waals surface area contributed by atoms with Crippen LogP contribution >= 0.6 is 8.25 Å². The molecular formula is C10H11N4O3P. The van der Waals surface area contributed by atoms with Crippen LogP contribution in [0.1, 0.15) is 0 Å². The zero-order chi connectivity index (χ0) is 13.0. The van der Waals surface area contributed by atoms with Gasteiger partial charge in [-0.2, -0.15) is 0 Å². The van der Waals surface area contributed by atoms with Gasteiger partial charge in [-0.15, -0.1) is 0 Å². The molecule has 0 saturated carbocycles. The zero-order valence-corrected chi connectivity index (χ0v) is 10.2. The van der Waals surface area contributed by atoms with Crippen LogP contribution < -0.4 is 20.5 Å². The molecule has 0 atom stereocenters. The van der Waals surface area contributed by atoms with Crippen LogP contribution in [0.2, 0.25) is 0 Å². The molecule has 2 rings (SSSR count). The summed E-state index contributed by atoms with van der Waals surface area (Å²) in [5, 5.41) is 0. The summed E-state index contributed by atoms with van der Waals surface area (Å²) in [4.78, 5) is 7.61. The molecule has 2 aromatic heterocycles. The highest BCUT2D eigenvalue weighted by atomic mass is 31.1. The van der Waals surface area contributed by atoms with Gasteiger partial charge in [-0.1, -0.05) is 0 Å². The van der Waals surface area contributed by atoms with E-state index in [1.807, 2.05) is 0 Å². The fourth-order valence-electron chi connectivity index (χ4n) is 1.15. The van der Waals surface area contributed by atoms with E-state index >= 15 is 0 Å². The van der Waals surface area contributed by atoms with E-state index in [1.165, 1.54) is 36.9 Å². The van der Waals surface area contributed by atoms with Gasteiger partial charge >= 0.3 is 8.25 Å². The molecule has 0 saturated heterocycles. The van der Waals surface area contributed by atoms with Gasteiger partial charge in [0.15, 0.2) is 11.5 Å². The van der Waals surface area contributed by atoms with Crippen LogP contribution in [0, 0.1) is 0 Å². The molecule has 8 heteroatoms. The highest BCUT2D eigenvalue weighted by Gasteiger charge is 2.09. The fourth-order valence-corrected chi connectivity index (χ4v) is 1.89. The van der Waals surface area contributed by atoms with E-state index in [0.29, 0.717) is 11.4 Å². The summed E-state index contributed by atoms with van der Waals surface area (Å²) in [5.74, 6) is 0.396. The van der Waals surface area contributed by atoms with Gasteiger partial charge in [-0.05, 0) is 12.1 Å². The van der Waals surface area contributed by atoms with Crippen molar-refractivity contribution in [3.8, 4) is 11.5 Å². The van der Waals surface area contributed by atoms with Gasteiger partial charge in [0.1, 0.15) is 0 Å². The normalized spacial score (nSPS) is 10.3. The summed E-state index contributed by atoms with van der Waals surface area (Å²) < 4.78 is 21.8. The molecule has 0 aliphatic rings. The Morgan fingerprint density at radius 3 is 1.78 bits per heavy atom. The molecule has 0 spiro atoms. The molecule has 2 heterocycles. The number of pyridine rings is 2. The SMILES string of the molecule is Nc1ccncc1O[PH](=O)Oc1cnccc1N. The Labute approximate surface area is 104 Å². The molecule has 0 aliphatic heterocycles. The van der Waals surface area contributed by atoms with Crippen LogP contribution in [0.3, 0.4) is 0 Å². The van der Waals surface area contributed by atoms with Crippen molar-refractivity contribution in [3.05, 3.63) is 36.9 Å². The topological polar surface area (TPSA) is 113 Å². The van der Waals surface area contributed by atoms with E-state index in [0.717, 1.165) is 0 Å². The first-order valence-electron chi connectivity index (χ1n) is 4.95. The van der Waals surface area contributed by atoms with E-state index < -0.39 is 8.25 Å². The molecule has 7 nitrogen and oxygen atoms in total. The van der Waals surface area contributed by atoms with Crippen molar-refractivity contribution in [1.82, 2.24) is 9.97 Å². The predicted octanol–water partition coefficient (Wildman–Crippen LogP) is 1.49. The van der Waals surface area contributed by atoms with Gasteiger partial charge in [-0.25, -0.2) is 4.57 Å². The van der Waals surface area contributed by atoms with Crippen LogP contribution in [0.5, 0.6) is 11.5 Å². The maximum Gasteiger partial charge on any atom is 0.419 e. The lowest BCUT2D eigenvalue weighted by Gasteiger charge is -2.09. The average Bonchev–Trinajstić information content (AvgIpc) is 2.35. The first-order chi connectivity index (χ1) is 8.66. The summed E-state index contributed by atoms with van der Waals surface area (Å²) in [6.45, 7) is 0. The first kappa shape index (κ1) is 12.2. The van der Waals surface area contributed by atoms with E-state index in [1.54, 1.807) is 0 Å². The molecule has 0 fully saturated rings. The minimum absolute atomic E-state index is 0.198. The van der Waals surface area contributed by atoms with Gasteiger partial charge < -0.3 is 20.5 Å². The third-order valence-corrected chi connectivity index (χ3v) is 2.79. The fraction of sp³-hybridized carbons (Fsp3) is 0. The Kier molecular flexibility index (Phi) is 3.64. The molecule has 4 N–H and O–H groups in total. The largest absolute Gasteiger partial charge is 0.419 e. The van der Waals surface area contributed by atoms with Crippen LogP contribution in [-0.2, 0) is 4.57 Å². The second-order valence-electron chi connectivity index (χ2n) is 3.28. The van der Waals surface area contributed by atoms with Crippen molar-refractivity contribution in [2.24, 2.45) is 0 Å². The van der Waals surface area contributed by atoms with E-state index in [4.69, 9.17) is 20.5 Å². The molecule has 0 unspecified atom stereocenters. The Morgan fingerprint density at radius 1 is 0.944 bits per heavy atom. The Morgan fingerprint density at radius 2 is 1.39 bits per heavy atom. The minimum atomic E-state index is -2.83. The van der Waals surface area contributed by atoms with Crippen molar-refractivity contribution < 1.29 is 13.6 Å². The van der Waals surface area contributed by atoms with Crippen molar-refractivity contribution in [3.63, 3.8) is 0 Å². The minimum Gasteiger partial charge on any atom is -0.414 e. The predicted molar refractivity (Wildman–Crippen MR) is 67.6 cm³/mol. The van der Waals surface area contributed by atoms with E-state index in [-0.39, 0.29) is 11.5 Å². The Balaban J connectivity index is 2.06. The number of hydrogen-bond acceptors (Lipinski definition) is 7. The van der Waals surface area contributed by atoms with Gasteiger partial charge in [0.2, 0.25) is 0 Å². The molecular weight excluding hydrogens is 255 g/mol. The Hall–Kier alpha value is -2.27. The van der Waals surface area contributed by atoms with Gasteiger partial charge in [0, 0.05) is 12.4 Å². The number of nitrogen functional groups attached to an aromatic ring is 2. The second kappa shape index (κ2) is 5.37. The Bertz CT molecular complexity index is 529. The quantitative estimate of drug-likeness (QED) is 0.805. The van der Waals surface area contributed by atoms with Crippen molar-refractivity contribution in [2.45, 2.75) is 0 Å². The van der Waals surface area contributed by atoms with Gasteiger partial charge in [0.25, 0.3) is 0 Å². The number of rotatable bonds is 4. The lowest BCUT2D eigenvalue weighted by molar-refractivity contribution is 0.416. The number of aromatic nitrogens is 2. The highest BCUT2D eigenvalue weighted by Crippen LogP contribution is 2.34. The standard InChI is InChI=1S/C10H11N4O3P/c11-7-1-3-13-5-9(7)16-18(15)17-10-6-14-4-2-8(10)12/h1-6,18H,(H2,11,13)(H2,12,14). The lowest BCUT2D eigenvalue weighted by Crippen LogP contribution is -1.96. The van der Waals surface area contributed by atoms with Crippen LogP contribution in [0.15, 0.2) is 36.9 Å². The number of nitrogens with zero attached hydrogens (tertiary/aromatic N) is 2.